The Morgan fingerprint density at radius 1 is 1.36 bits per heavy atom. The Labute approximate surface area is 81.7 Å². The van der Waals surface area contributed by atoms with Crippen molar-refractivity contribution in [2.24, 2.45) is 0 Å². The number of carbonyl (C=O) groups excluding carboxylic acids is 1. The van der Waals surface area contributed by atoms with Crippen LogP contribution in [0.1, 0.15) is 6.92 Å². The second kappa shape index (κ2) is 8.18. The molecule has 0 fully saturated rings. The molecule has 0 aromatic rings. The molecule has 0 unspecified atom stereocenters. The van der Waals surface area contributed by atoms with Crippen molar-refractivity contribution in [1.82, 2.24) is 4.90 Å². The van der Waals surface area contributed by atoms with Crippen molar-refractivity contribution in [1.29, 1.82) is 0 Å². The van der Waals surface area contributed by atoms with Crippen LogP contribution in [0.2, 0.25) is 0 Å². The molecule has 0 rings (SSSR count). The molecule has 11 heavy (non-hydrogen) atoms. The Morgan fingerprint density at radius 2 is 1.55 bits per heavy atom. The third-order valence-corrected chi connectivity index (χ3v) is 1.37. The largest absolute Gasteiger partial charge is 0.349 e. The van der Waals surface area contributed by atoms with E-state index in [-0.39, 0.29) is 10.4 Å². The lowest BCUT2D eigenvalue weighted by molar-refractivity contribution is -0.126. The topological polar surface area (TPSA) is 20.3 Å². The van der Waals surface area contributed by atoms with Gasteiger partial charge in [-0.05, 0) is 0 Å². The van der Waals surface area contributed by atoms with Crippen LogP contribution in [0.15, 0.2) is 10.0 Å². The normalized spacial score (nSPS) is 7.45. The van der Waals surface area contributed by atoms with Gasteiger partial charge in [0.1, 0.15) is 4.49 Å². The average Bonchev–Trinajstić information content (AvgIpc) is 1.89. The minimum atomic E-state index is 0.0895. The molecule has 0 aliphatic carbocycles. The van der Waals surface area contributed by atoms with E-state index in [9.17, 15) is 4.79 Å². The van der Waals surface area contributed by atoms with Gasteiger partial charge in [-0.3, -0.25) is 4.79 Å². The van der Waals surface area contributed by atoms with E-state index in [2.05, 4.69) is 0 Å². The third kappa shape index (κ3) is 17.8. The summed E-state index contributed by atoms with van der Waals surface area (Å²) in [6, 6.07) is 0. The SMILES string of the molecule is CC(=O)N(C)C.ClC=C(Cl)Cl. The molecule has 0 bridgehead atoms. The molecule has 0 radical (unpaired) electrons. The van der Waals surface area contributed by atoms with E-state index in [1.165, 1.54) is 11.8 Å². The summed E-state index contributed by atoms with van der Waals surface area (Å²) in [5.74, 6) is 0.0926. The Bertz CT molecular complexity index is 141. The van der Waals surface area contributed by atoms with Crippen molar-refractivity contribution < 1.29 is 4.79 Å². The van der Waals surface area contributed by atoms with Crippen molar-refractivity contribution in [2.45, 2.75) is 6.92 Å². The van der Waals surface area contributed by atoms with Gasteiger partial charge >= 0.3 is 0 Å². The van der Waals surface area contributed by atoms with Crippen LogP contribution in [-0.2, 0) is 4.79 Å². The van der Waals surface area contributed by atoms with Gasteiger partial charge in [-0.25, -0.2) is 0 Å². The number of rotatable bonds is 0. The molecule has 66 valence electrons. The summed E-state index contributed by atoms with van der Waals surface area (Å²) in [5.41, 5.74) is 1.09. The van der Waals surface area contributed by atoms with Crippen LogP contribution in [0.3, 0.4) is 0 Å². The second-order valence-electron chi connectivity index (χ2n) is 1.81. The van der Waals surface area contributed by atoms with Crippen molar-refractivity contribution in [3.63, 3.8) is 0 Å². The number of hydrogen-bond donors (Lipinski definition) is 0. The van der Waals surface area contributed by atoms with Crippen molar-refractivity contribution in [3.05, 3.63) is 10.0 Å². The molecule has 0 aliphatic rings. The van der Waals surface area contributed by atoms with Crippen LogP contribution in [0.5, 0.6) is 0 Å². The quantitative estimate of drug-likeness (QED) is 0.612. The number of nitrogens with zero attached hydrogens (tertiary/aromatic N) is 1. The minimum absolute atomic E-state index is 0.0895. The molecule has 1 amide bonds. The van der Waals surface area contributed by atoms with E-state index < -0.39 is 0 Å². The van der Waals surface area contributed by atoms with E-state index in [1.54, 1.807) is 14.1 Å². The third-order valence-electron chi connectivity index (χ3n) is 0.712. The van der Waals surface area contributed by atoms with E-state index in [1.807, 2.05) is 0 Å². The molecule has 0 aromatic heterocycles. The number of amides is 1. The average molecular weight is 219 g/mol. The van der Waals surface area contributed by atoms with Crippen molar-refractivity contribution in [3.8, 4) is 0 Å². The van der Waals surface area contributed by atoms with Gasteiger partial charge in [-0.1, -0.05) is 34.8 Å². The van der Waals surface area contributed by atoms with E-state index in [0.717, 1.165) is 5.54 Å². The van der Waals surface area contributed by atoms with Crippen molar-refractivity contribution >= 4 is 40.7 Å². The fraction of sp³-hybridized carbons (Fsp3) is 0.500. The summed E-state index contributed by atoms with van der Waals surface area (Å²) in [4.78, 5) is 11.6. The number of carbonyl (C=O) groups is 1. The minimum Gasteiger partial charge on any atom is -0.349 e. The van der Waals surface area contributed by atoms with E-state index in [4.69, 9.17) is 34.8 Å². The Kier molecular flexibility index (Phi) is 10.2. The molecular formula is C6H10Cl3NO. The Balaban J connectivity index is 0. The summed E-state index contributed by atoms with van der Waals surface area (Å²) < 4.78 is 0.0895. The van der Waals surface area contributed by atoms with Gasteiger partial charge in [0.05, 0.1) is 0 Å². The maximum Gasteiger partial charge on any atom is 0.218 e. The summed E-state index contributed by atoms with van der Waals surface area (Å²) in [5, 5.41) is 0. The molecule has 0 heterocycles. The lowest BCUT2D eigenvalue weighted by Gasteiger charge is -2.02. The van der Waals surface area contributed by atoms with E-state index in [0.29, 0.717) is 0 Å². The zero-order valence-electron chi connectivity index (χ0n) is 6.57. The fourth-order valence-corrected chi connectivity index (χ4v) is 0. The molecule has 5 heteroatoms. The summed E-state index contributed by atoms with van der Waals surface area (Å²) in [7, 11) is 3.45. The van der Waals surface area contributed by atoms with Gasteiger partial charge in [-0.2, -0.15) is 0 Å². The maximum atomic E-state index is 10.1. The predicted octanol–water partition coefficient (Wildman–Crippen LogP) is 2.60. The lowest BCUT2D eigenvalue weighted by atomic mass is 10.7. The van der Waals surface area contributed by atoms with Gasteiger partial charge in [0.2, 0.25) is 5.91 Å². The first kappa shape index (κ1) is 13.7. The highest BCUT2D eigenvalue weighted by Crippen LogP contribution is 2.05. The van der Waals surface area contributed by atoms with E-state index >= 15 is 0 Å². The molecule has 0 saturated carbocycles. The summed E-state index contributed by atoms with van der Waals surface area (Å²) in [6.45, 7) is 1.53. The zero-order chi connectivity index (χ0) is 9.44. The summed E-state index contributed by atoms with van der Waals surface area (Å²) in [6.07, 6.45) is 0. The number of hydrogen-bond acceptors (Lipinski definition) is 1. The smallest absolute Gasteiger partial charge is 0.218 e. The monoisotopic (exact) mass is 217 g/mol. The van der Waals surface area contributed by atoms with Crippen molar-refractivity contribution in [2.75, 3.05) is 14.1 Å². The lowest BCUT2D eigenvalue weighted by Crippen LogP contribution is -2.17. The first-order valence-corrected chi connectivity index (χ1v) is 3.90. The first-order chi connectivity index (χ1) is 4.91. The molecule has 0 atom stereocenters. The highest BCUT2D eigenvalue weighted by molar-refractivity contribution is 6.58. The van der Waals surface area contributed by atoms with Gasteiger partial charge in [0, 0.05) is 26.6 Å². The molecule has 2 nitrogen and oxygen atoms in total. The molecule has 0 aliphatic heterocycles. The zero-order valence-corrected chi connectivity index (χ0v) is 8.83. The molecule has 0 spiro atoms. The highest BCUT2D eigenvalue weighted by Gasteiger charge is 1.87. The van der Waals surface area contributed by atoms with Gasteiger partial charge in [0.15, 0.2) is 0 Å². The molecule has 0 N–H and O–H groups in total. The molecule has 0 aromatic carbocycles. The van der Waals surface area contributed by atoms with Crippen LogP contribution < -0.4 is 0 Å². The van der Waals surface area contributed by atoms with Crippen LogP contribution in [-0.4, -0.2) is 24.9 Å². The van der Waals surface area contributed by atoms with Crippen LogP contribution in [0.4, 0.5) is 0 Å². The first-order valence-electron chi connectivity index (χ1n) is 2.71. The standard InChI is InChI=1S/C4H9NO.C2HCl3/c1-4(6)5(2)3;3-1-2(4)5/h1-3H3;1H. The van der Waals surface area contributed by atoms with Crippen LogP contribution in [0, 0.1) is 0 Å². The van der Waals surface area contributed by atoms with Gasteiger partial charge in [-0.15, -0.1) is 0 Å². The summed E-state index contributed by atoms with van der Waals surface area (Å²) >= 11 is 14.8. The Hall–Kier alpha value is 0.0800. The maximum absolute atomic E-state index is 10.1. The van der Waals surface area contributed by atoms with Gasteiger partial charge < -0.3 is 4.90 Å². The fourth-order valence-electron chi connectivity index (χ4n) is 0. The highest BCUT2D eigenvalue weighted by atomic mass is 35.5. The predicted molar refractivity (Wildman–Crippen MR) is 50.0 cm³/mol. The Morgan fingerprint density at radius 3 is 1.55 bits per heavy atom. The molecular weight excluding hydrogens is 208 g/mol. The van der Waals surface area contributed by atoms with Crippen LogP contribution >= 0.6 is 34.8 Å². The van der Waals surface area contributed by atoms with Crippen LogP contribution in [0.25, 0.3) is 0 Å². The number of halogens is 3. The van der Waals surface area contributed by atoms with Gasteiger partial charge in [0.25, 0.3) is 0 Å². The second-order valence-corrected chi connectivity index (χ2v) is 3.04. The molecule has 0 saturated heterocycles.